The monoisotopic (exact) mass is 201 g/mol. The van der Waals surface area contributed by atoms with Crippen molar-refractivity contribution in [3.8, 4) is 11.4 Å². The fraction of sp³-hybridized carbons (Fsp3) is 0.300. The van der Waals surface area contributed by atoms with Gasteiger partial charge in [-0.1, -0.05) is 0 Å². The highest BCUT2D eigenvalue weighted by molar-refractivity contribution is 5.59. The van der Waals surface area contributed by atoms with Crippen molar-refractivity contribution < 1.29 is 0 Å². The third-order valence-electron chi connectivity index (χ3n) is 2.63. The normalized spacial score (nSPS) is 14.1. The zero-order chi connectivity index (χ0) is 10.3. The molecule has 0 unspecified atom stereocenters. The number of anilines is 1. The molecule has 1 aliphatic rings. The van der Waals surface area contributed by atoms with Crippen LogP contribution in [0.1, 0.15) is 12.2 Å². The van der Waals surface area contributed by atoms with E-state index in [1.54, 1.807) is 12.4 Å². The predicted molar refractivity (Wildman–Crippen MR) is 56.0 cm³/mol. The van der Waals surface area contributed by atoms with Crippen LogP contribution in [0, 0.1) is 0 Å². The number of nitrogen functional groups attached to an aromatic ring is 1. The van der Waals surface area contributed by atoms with E-state index in [2.05, 4.69) is 19.7 Å². The Hall–Kier alpha value is -1.91. The van der Waals surface area contributed by atoms with E-state index in [0.29, 0.717) is 5.69 Å². The van der Waals surface area contributed by atoms with E-state index in [0.717, 1.165) is 36.6 Å². The molecule has 3 rings (SSSR count). The smallest absolute Gasteiger partial charge is 0.165 e. The van der Waals surface area contributed by atoms with Crippen LogP contribution in [0.3, 0.4) is 0 Å². The molecule has 0 fully saturated rings. The number of hydrogen-bond donors (Lipinski definition) is 1. The van der Waals surface area contributed by atoms with Gasteiger partial charge in [-0.05, 0) is 12.5 Å². The summed E-state index contributed by atoms with van der Waals surface area (Å²) in [6.07, 6.45) is 5.56. The van der Waals surface area contributed by atoms with Crippen LogP contribution in [-0.4, -0.2) is 19.7 Å². The van der Waals surface area contributed by atoms with Crippen LogP contribution in [0.5, 0.6) is 0 Å². The van der Waals surface area contributed by atoms with Crippen LogP contribution in [0.4, 0.5) is 5.69 Å². The van der Waals surface area contributed by atoms with Gasteiger partial charge in [0.15, 0.2) is 5.82 Å². The summed E-state index contributed by atoms with van der Waals surface area (Å²) in [7, 11) is 0. The van der Waals surface area contributed by atoms with Crippen LogP contribution in [-0.2, 0) is 13.0 Å². The van der Waals surface area contributed by atoms with Crippen LogP contribution in [0.15, 0.2) is 18.5 Å². The molecule has 76 valence electrons. The van der Waals surface area contributed by atoms with Gasteiger partial charge < -0.3 is 10.3 Å². The van der Waals surface area contributed by atoms with E-state index in [-0.39, 0.29) is 0 Å². The van der Waals surface area contributed by atoms with Crippen molar-refractivity contribution in [3.05, 3.63) is 24.3 Å². The number of nitrogens with zero attached hydrogens (tertiary/aromatic N) is 4. The first-order valence-corrected chi connectivity index (χ1v) is 4.97. The first-order valence-electron chi connectivity index (χ1n) is 4.97. The highest BCUT2D eigenvalue weighted by Gasteiger charge is 2.18. The van der Waals surface area contributed by atoms with Crippen LogP contribution in [0.25, 0.3) is 11.4 Å². The molecule has 5 nitrogen and oxygen atoms in total. The summed E-state index contributed by atoms with van der Waals surface area (Å²) in [5.41, 5.74) is 7.29. The second-order valence-electron chi connectivity index (χ2n) is 3.70. The van der Waals surface area contributed by atoms with Crippen LogP contribution in [0.2, 0.25) is 0 Å². The molecule has 15 heavy (non-hydrogen) atoms. The lowest BCUT2D eigenvalue weighted by Crippen LogP contribution is -1.97. The summed E-state index contributed by atoms with van der Waals surface area (Å²) < 4.78 is 2.14. The van der Waals surface area contributed by atoms with Gasteiger partial charge >= 0.3 is 0 Å². The van der Waals surface area contributed by atoms with Gasteiger partial charge in [0.25, 0.3) is 0 Å². The van der Waals surface area contributed by atoms with Gasteiger partial charge in [-0.25, -0.2) is 0 Å². The van der Waals surface area contributed by atoms with Gasteiger partial charge in [-0.2, -0.15) is 0 Å². The first-order chi connectivity index (χ1) is 7.34. The lowest BCUT2D eigenvalue weighted by molar-refractivity contribution is 0.748. The number of aryl methyl sites for hydroxylation is 1. The molecule has 0 amide bonds. The maximum absolute atomic E-state index is 5.69. The number of fused-ring (bicyclic) bond motifs is 1. The van der Waals surface area contributed by atoms with Gasteiger partial charge in [-0.15, -0.1) is 10.2 Å². The maximum atomic E-state index is 5.69. The quantitative estimate of drug-likeness (QED) is 0.743. The summed E-state index contributed by atoms with van der Waals surface area (Å²) in [6, 6.07) is 1.88. The molecule has 0 saturated heterocycles. The largest absolute Gasteiger partial charge is 0.397 e. The Morgan fingerprint density at radius 3 is 3.07 bits per heavy atom. The highest BCUT2D eigenvalue weighted by atomic mass is 15.3. The molecular formula is C10H11N5. The van der Waals surface area contributed by atoms with E-state index >= 15 is 0 Å². The third-order valence-corrected chi connectivity index (χ3v) is 2.63. The summed E-state index contributed by atoms with van der Waals surface area (Å²) in [6.45, 7) is 0.993. The molecular weight excluding hydrogens is 190 g/mol. The van der Waals surface area contributed by atoms with Crippen molar-refractivity contribution in [2.45, 2.75) is 19.4 Å². The summed E-state index contributed by atoms with van der Waals surface area (Å²) in [5, 5.41) is 8.31. The molecule has 2 aromatic heterocycles. The van der Waals surface area contributed by atoms with Gasteiger partial charge in [0.05, 0.1) is 5.69 Å². The maximum Gasteiger partial charge on any atom is 0.165 e. The number of pyridine rings is 1. The lowest BCUT2D eigenvalue weighted by atomic mass is 10.2. The van der Waals surface area contributed by atoms with Gasteiger partial charge in [0, 0.05) is 30.9 Å². The number of aromatic nitrogens is 4. The SMILES string of the molecule is Nc1cncc(-c2nnc3n2CCC3)c1. The molecule has 0 bridgehead atoms. The summed E-state index contributed by atoms with van der Waals surface area (Å²) >= 11 is 0. The Morgan fingerprint density at radius 2 is 2.20 bits per heavy atom. The van der Waals surface area contributed by atoms with E-state index in [4.69, 9.17) is 5.73 Å². The minimum Gasteiger partial charge on any atom is -0.397 e. The topological polar surface area (TPSA) is 69.6 Å². The molecule has 0 aromatic carbocycles. The van der Waals surface area contributed by atoms with Gasteiger partial charge in [0.2, 0.25) is 0 Å². The summed E-state index contributed by atoms with van der Waals surface area (Å²) in [4.78, 5) is 4.06. The molecule has 0 atom stereocenters. The summed E-state index contributed by atoms with van der Waals surface area (Å²) in [5.74, 6) is 1.94. The number of rotatable bonds is 1. The molecule has 0 spiro atoms. The van der Waals surface area contributed by atoms with Crippen LogP contribution >= 0.6 is 0 Å². The zero-order valence-electron chi connectivity index (χ0n) is 8.22. The average molecular weight is 201 g/mol. The predicted octanol–water partition coefficient (Wildman–Crippen LogP) is 0.869. The Labute approximate surface area is 87.0 Å². The third kappa shape index (κ3) is 1.27. The zero-order valence-corrected chi connectivity index (χ0v) is 8.22. The van der Waals surface area contributed by atoms with Gasteiger partial charge in [-0.3, -0.25) is 4.98 Å². The average Bonchev–Trinajstić information content (AvgIpc) is 2.77. The van der Waals surface area contributed by atoms with Gasteiger partial charge in [0.1, 0.15) is 5.82 Å². The first kappa shape index (κ1) is 8.40. The molecule has 0 saturated carbocycles. The molecule has 0 radical (unpaired) electrons. The number of hydrogen-bond acceptors (Lipinski definition) is 4. The standard InChI is InChI=1S/C10H11N5/c11-8-4-7(5-12-6-8)10-14-13-9-2-1-3-15(9)10/h4-6H,1-3,11H2. The van der Waals surface area contributed by atoms with Crippen LogP contribution < -0.4 is 5.73 Å². The minimum absolute atomic E-state index is 0.655. The second kappa shape index (κ2) is 3.05. The molecule has 2 aromatic rings. The second-order valence-corrected chi connectivity index (χ2v) is 3.70. The van der Waals surface area contributed by atoms with Crippen molar-refractivity contribution in [1.82, 2.24) is 19.7 Å². The molecule has 5 heteroatoms. The van der Waals surface area contributed by atoms with E-state index in [1.165, 1.54) is 0 Å². The highest BCUT2D eigenvalue weighted by Crippen LogP contribution is 2.23. The molecule has 1 aliphatic heterocycles. The van der Waals surface area contributed by atoms with Crippen molar-refractivity contribution in [2.24, 2.45) is 0 Å². The fourth-order valence-corrected chi connectivity index (χ4v) is 1.94. The fourth-order valence-electron chi connectivity index (χ4n) is 1.94. The Kier molecular flexibility index (Phi) is 1.71. The molecule has 2 N–H and O–H groups in total. The van der Waals surface area contributed by atoms with E-state index in [1.807, 2.05) is 6.07 Å². The van der Waals surface area contributed by atoms with Crippen molar-refractivity contribution in [2.75, 3.05) is 5.73 Å². The Bertz CT molecular complexity index is 502. The Balaban J connectivity index is 2.13. The van der Waals surface area contributed by atoms with Crippen molar-refractivity contribution in [3.63, 3.8) is 0 Å². The Morgan fingerprint density at radius 1 is 1.27 bits per heavy atom. The van der Waals surface area contributed by atoms with E-state index in [9.17, 15) is 0 Å². The molecule has 0 aliphatic carbocycles. The van der Waals surface area contributed by atoms with Crippen molar-refractivity contribution in [1.29, 1.82) is 0 Å². The minimum atomic E-state index is 0.655. The lowest BCUT2D eigenvalue weighted by Gasteiger charge is -2.02. The number of nitrogens with two attached hydrogens (primary N) is 1. The van der Waals surface area contributed by atoms with E-state index < -0.39 is 0 Å². The molecule has 3 heterocycles. The van der Waals surface area contributed by atoms with Crippen molar-refractivity contribution >= 4 is 5.69 Å².